The maximum absolute atomic E-state index is 13.4. The van der Waals surface area contributed by atoms with Crippen molar-refractivity contribution in [2.45, 2.75) is 25.6 Å². The standard InChI is InChI=1S/C15H17FO4/c1-19-14(17)12-7-11(16)8-13(12)15(18)20-9-10-5-3-2-4-6-10/h2-6,11-13H,7-9H2,1H3/t11-,12-,13+/m0/s1. The Labute approximate surface area is 116 Å². The molecule has 1 aliphatic carbocycles. The monoisotopic (exact) mass is 280 g/mol. The van der Waals surface area contributed by atoms with Gasteiger partial charge in [0.25, 0.3) is 0 Å². The van der Waals surface area contributed by atoms with E-state index in [4.69, 9.17) is 4.74 Å². The van der Waals surface area contributed by atoms with E-state index < -0.39 is 29.9 Å². The van der Waals surface area contributed by atoms with E-state index >= 15 is 0 Å². The van der Waals surface area contributed by atoms with Gasteiger partial charge in [0.05, 0.1) is 18.9 Å². The van der Waals surface area contributed by atoms with Gasteiger partial charge in [-0.25, -0.2) is 4.39 Å². The molecule has 3 atom stereocenters. The van der Waals surface area contributed by atoms with Crippen molar-refractivity contribution >= 4 is 11.9 Å². The highest BCUT2D eigenvalue weighted by Gasteiger charge is 2.44. The Kier molecular flexibility index (Phi) is 4.71. The summed E-state index contributed by atoms with van der Waals surface area (Å²) in [5, 5.41) is 0. The number of halogens is 1. The fourth-order valence-electron chi connectivity index (χ4n) is 2.48. The van der Waals surface area contributed by atoms with Crippen LogP contribution in [0.4, 0.5) is 4.39 Å². The highest BCUT2D eigenvalue weighted by molar-refractivity contribution is 5.82. The summed E-state index contributed by atoms with van der Waals surface area (Å²) in [6, 6.07) is 9.21. The Bertz CT molecular complexity index is 474. The molecule has 0 bridgehead atoms. The zero-order chi connectivity index (χ0) is 14.5. The first-order valence-electron chi connectivity index (χ1n) is 6.54. The summed E-state index contributed by atoms with van der Waals surface area (Å²) in [5.41, 5.74) is 0.852. The third kappa shape index (κ3) is 3.35. The van der Waals surface area contributed by atoms with Gasteiger partial charge in [-0.15, -0.1) is 0 Å². The molecule has 0 aliphatic heterocycles. The van der Waals surface area contributed by atoms with Crippen molar-refractivity contribution in [1.29, 1.82) is 0 Å². The molecule has 0 radical (unpaired) electrons. The largest absolute Gasteiger partial charge is 0.469 e. The minimum atomic E-state index is -1.16. The zero-order valence-corrected chi connectivity index (χ0v) is 11.3. The van der Waals surface area contributed by atoms with E-state index in [1.54, 1.807) is 0 Å². The van der Waals surface area contributed by atoms with Gasteiger partial charge in [-0.2, -0.15) is 0 Å². The molecule has 0 heterocycles. The third-order valence-corrected chi connectivity index (χ3v) is 3.54. The van der Waals surface area contributed by atoms with Crippen LogP contribution < -0.4 is 0 Å². The molecule has 108 valence electrons. The second-order valence-corrected chi connectivity index (χ2v) is 4.90. The normalized spacial score (nSPS) is 25.2. The summed E-state index contributed by atoms with van der Waals surface area (Å²) in [6.07, 6.45) is -1.11. The van der Waals surface area contributed by atoms with E-state index in [1.807, 2.05) is 30.3 Å². The van der Waals surface area contributed by atoms with E-state index in [1.165, 1.54) is 7.11 Å². The quantitative estimate of drug-likeness (QED) is 0.794. The van der Waals surface area contributed by atoms with Gasteiger partial charge in [-0.05, 0) is 18.4 Å². The van der Waals surface area contributed by atoms with E-state index in [9.17, 15) is 14.0 Å². The molecule has 0 N–H and O–H groups in total. The van der Waals surface area contributed by atoms with Crippen molar-refractivity contribution in [3.05, 3.63) is 35.9 Å². The highest BCUT2D eigenvalue weighted by atomic mass is 19.1. The minimum absolute atomic E-state index is 0.0212. The molecule has 20 heavy (non-hydrogen) atoms. The number of benzene rings is 1. The van der Waals surface area contributed by atoms with Gasteiger partial charge >= 0.3 is 11.9 Å². The number of rotatable bonds is 4. The predicted molar refractivity (Wildman–Crippen MR) is 69.4 cm³/mol. The number of carbonyl (C=O) groups excluding carboxylic acids is 2. The molecule has 0 saturated heterocycles. The molecule has 1 aliphatic rings. The molecule has 0 amide bonds. The lowest BCUT2D eigenvalue weighted by molar-refractivity contribution is -0.158. The van der Waals surface area contributed by atoms with E-state index in [0.29, 0.717) is 0 Å². The maximum atomic E-state index is 13.4. The summed E-state index contributed by atoms with van der Waals surface area (Å²) in [4.78, 5) is 23.6. The molecule has 0 unspecified atom stereocenters. The average molecular weight is 280 g/mol. The van der Waals surface area contributed by atoms with E-state index in [2.05, 4.69) is 4.74 Å². The lowest BCUT2D eigenvalue weighted by atomic mass is 9.96. The number of alkyl halides is 1. The molecule has 1 saturated carbocycles. The Hall–Kier alpha value is -1.91. The van der Waals surface area contributed by atoms with Crippen LogP contribution in [0.3, 0.4) is 0 Å². The van der Waals surface area contributed by atoms with Gasteiger partial charge in [0.1, 0.15) is 12.8 Å². The molecule has 5 heteroatoms. The van der Waals surface area contributed by atoms with Crippen molar-refractivity contribution in [3.8, 4) is 0 Å². The Morgan fingerprint density at radius 2 is 1.75 bits per heavy atom. The van der Waals surface area contributed by atoms with Gasteiger partial charge in [-0.3, -0.25) is 9.59 Å². The topological polar surface area (TPSA) is 52.6 Å². The maximum Gasteiger partial charge on any atom is 0.310 e. The van der Waals surface area contributed by atoms with Crippen LogP contribution in [-0.4, -0.2) is 25.2 Å². The second-order valence-electron chi connectivity index (χ2n) is 4.90. The second kappa shape index (κ2) is 6.50. The predicted octanol–water partition coefficient (Wildman–Crippen LogP) is 2.27. The Balaban J connectivity index is 1.95. The smallest absolute Gasteiger partial charge is 0.310 e. The lowest BCUT2D eigenvalue weighted by Gasteiger charge is -2.15. The molecular formula is C15H17FO4. The molecule has 0 aromatic heterocycles. The van der Waals surface area contributed by atoms with Crippen LogP contribution in [0.15, 0.2) is 30.3 Å². The van der Waals surface area contributed by atoms with Crippen LogP contribution >= 0.6 is 0 Å². The van der Waals surface area contributed by atoms with Gasteiger partial charge in [0, 0.05) is 0 Å². The van der Waals surface area contributed by atoms with E-state index in [0.717, 1.165) is 5.56 Å². The minimum Gasteiger partial charge on any atom is -0.469 e. The number of esters is 2. The summed E-state index contributed by atoms with van der Waals surface area (Å²) < 4.78 is 23.2. The SMILES string of the molecule is COC(=O)[C@H]1C[C@H](F)C[C@H]1C(=O)OCc1ccccc1. The number of ether oxygens (including phenoxy) is 2. The van der Waals surface area contributed by atoms with Gasteiger partial charge < -0.3 is 9.47 Å². The highest BCUT2D eigenvalue weighted by Crippen LogP contribution is 2.35. The zero-order valence-electron chi connectivity index (χ0n) is 11.3. The fraction of sp³-hybridized carbons (Fsp3) is 0.467. The number of carbonyl (C=O) groups is 2. The van der Waals surface area contributed by atoms with Crippen LogP contribution in [0.2, 0.25) is 0 Å². The van der Waals surface area contributed by atoms with E-state index in [-0.39, 0.29) is 19.4 Å². The summed E-state index contributed by atoms with van der Waals surface area (Å²) in [7, 11) is 1.24. The van der Waals surface area contributed by atoms with Gasteiger partial charge in [0.2, 0.25) is 0 Å². The van der Waals surface area contributed by atoms with Crippen molar-refractivity contribution < 1.29 is 23.5 Å². The van der Waals surface area contributed by atoms with Crippen molar-refractivity contribution in [1.82, 2.24) is 0 Å². The molecule has 1 aromatic carbocycles. The fourth-order valence-corrected chi connectivity index (χ4v) is 2.48. The van der Waals surface area contributed by atoms with Crippen LogP contribution in [0.1, 0.15) is 18.4 Å². The summed E-state index contributed by atoms with van der Waals surface area (Å²) >= 11 is 0. The van der Waals surface area contributed by atoms with Crippen LogP contribution in [0.5, 0.6) is 0 Å². The molecule has 0 spiro atoms. The molecule has 1 aromatic rings. The molecule has 4 nitrogen and oxygen atoms in total. The molecule has 2 rings (SSSR count). The van der Waals surface area contributed by atoms with Crippen molar-refractivity contribution in [2.75, 3.05) is 7.11 Å². The number of methoxy groups -OCH3 is 1. The first-order chi connectivity index (χ1) is 9.61. The van der Waals surface area contributed by atoms with Crippen LogP contribution in [0, 0.1) is 11.8 Å². The number of hydrogen-bond acceptors (Lipinski definition) is 4. The first kappa shape index (κ1) is 14.5. The van der Waals surface area contributed by atoms with Gasteiger partial charge in [0.15, 0.2) is 0 Å². The molecule has 1 fully saturated rings. The Morgan fingerprint density at radius 1 is 1.15 bits per heavy atom. The Morgan fingerprint density at radius 3 is 2.35 bits per heavy atom. The average Bonchev–Trinajstić information content (AvgIpc) is 2.87. The van der Waals surface area contributed by atoms with Gasteiger partial charge in [-0.1, -0.05) is 30.3 Å². The molecular weight excluding hydrogens is 263 g/mol. The van der Waals surface area contributed by atoms with Crippen molar-refractivity contribution in [2.24, 2.45) is 11.8 Å². The van der Waals surface area contributed by atoms with Crippen LogP contribution in [0.25, 0.3) is 0 Å². The number of hydrogen-bond donors (Lipinski definition) is 0. The first-order valence-corrected chi connectivity index (χ1v) is 6.54. The summed E-state index contributed by atoms with van der Waals surface area (Å²) in [6.45, 7) is 0.126. The lowest BCUT2D eigenvalue weighted by Crippen LogP contribution is -2.27. The third-order valence-electron chi connectivity index (χ3n) is 3.54. The summed E-state index contributed by atoms with van der Waals surface area (Å²) in [5.74, 6) is -2.57. The van der Waals surface area contributed by atoms with Crippen molar-refractivity contribution in [3.63, 3.8) is 0 Å². The van der Waals surface area contributed by atoms with Crippen LogP contribution in [-0.2, 0) is 25.7 Å².